The molecule has 1 aliphatic heterocycles. The van der Waals surface area contributed by atoms with Crippen LogP contribution >= 0.6 is 0 Å². The maximum atomic E-state index is 13.0. The summed E-state index contributed by atoms with van der Waals surface area (Å²) in [6, 6.07) is 8.22. The van der Waals surface area contributed by atoms with E-state index in [1.807, 2.05) is 19.1 Å². The fourth-order valence-electron chi connectivity index (χ4n) is 3.43. The Morgan fingerprint density at radius 1 is 1.08 bits per heavy atom. The second kappa shape index (κ2) is 6.69. The van der Waals surface area contributed by atoms with E-state index in [4.69, 9.17) is 0 Å². The number of hydrogen-bond donors (Lipinski definition) is 0. The minimum Gasteiger partial charge on any atom is -0.264 e. The highest BCUT2D eigenvalue weighted by atomic mass is 32.2. The minimum absolute atomic E-state index is 0.386. The van der Waals surface area contributed by atoms with Crippen molar-refractivity contribution in [2.24, 2.45) is 0 Å². The van der Waals surface area contributed by atoms with Gasteiger partial charge in [0.1, 0.15) is 4.90 Å². The summed E-state index contributed by atoms with van der Waals surface area (Å²) in [5, 5.41) is 4.51. The number of sulfonamides is 1. The number of hydrogen-bond acceptors (Lipinski definition) is 3. The van der Waals surface area contributed by atoms with Crippen molar-refractivity contribution in [2.45, 2.75) is 51.5 Å². The topological polar surface area (TPSA) is 55.2 Å². The molecule has 5 nitrogen and oxygen atoms in total. The van der Waals surface area contributed by atoms with Gasteiger partial charge in [-0.3, -0.25) is 4.68 Å². The zero-order chi connectivity index (χ0) is 17.3. The Kier molecular flexibility index (Phi) is 4.78. The van der Waals surface area contributed by atoms with E-state index in [9.17, 15) is 8.42 Å². The molecule has 0 amide bonds. The maximum Gasteiger partial charge on any atom is 0.246 e. The van der Waals surface area contributed by atoms with Crippen LogP contribution in [0.1, 0.15) is 41.8 Å². The molecule has 1 aromatic carbocycles. The smallest absolute Gasteiger partial charge is 0.246 e. The molecule has 1 aliphatic rings. The molecule has 24 heavy (non-hydrogen) atoms. The number of piperidine rings is 1. The van der Waals surface area contributed by atoms with E-state index in [1.165, 1.54) is 5.56 Å². The first-order chi connectivity index (χ1) is 11.4. The van der Waals surface area contributed by atoms with Gasteiger partial charge in [-0.15, -0.1) is 0 Å². The lowest BCUT2D eigenvalue weighted by molar-refractivity contribution is 0.346. The van der Waals surface area contributed by atoms with E-state index in [0.717, 1.165) is 30.5 Å². The van der Waals surface area contributed by atoms with Gasteiger partial charge < -0.3 is 0 Å². The molecule has 0 bridgehead atoms. The standard InChI is InChI=1S/C18H25N3O2S/c1-14-8-7-9-17(12-14)13-21-16(3)18(15(2)19-21)24(22,23)20-10-5-4-6-11-20/h7-9,12H,4-6,10-11,13H2,1-3H3. The van der Waals surface area contributed by atoms with Crippen molar-refractivity contribution in [3.63, 3.8) is 0 Å². The average Bonchev–Trinajstić information content (AvgIpc) is 2.82. The summed E-state index contributed by atoms with van der Waals surface area (Å²) < 4.78 is 29.5. The zero-order valence-corrected chi connectivity index (χ0v) is 15.4. The highest BCUT2D eigenvalue weighted by Crippen LogP contribution is 2.26. The molecule has 0 aliphatic carbocycles. The lowest BCUT2D eigenvalue weighted by Crippen LogP contribution is -2.36. The lowest BCUT2D eigenvalue weighted by Gasteiger charge is -2.26. The summed E-state index contributed by atoms with van der Waals surface area (Å²) in [6.07, 6.45) is 2.99. The van der Waals surface area contributed by atoms with E-state index in [0.29, 0.717) is 30.2 Å². The van der Waals surface area contributed by atoms with Crippen molar-refractivity contribution in [1.82, 2.24) is 14.1 Å². The number of aryl methyl sites for hydroxylation is 2. The summed E-state index contributed by atoms with van der Waals surface area (Å²) in [5.74, 6) is 0. The predicted octanol–water partition coefficient (Wildman–Crippen LogP) is 3.03. The Balaban J connectivity index is 1.94. The van der Waals surface area contributed by atoms with Gasteiger partial charge in [0.2, 0.25) is 10.0 Å². The normalized spacial score (nSPS) is 16.5. The molecule has 0 unspecified atom stereocenters. The van der Waals surface area contributed by atoms with Gasteiger partial charge in [-0.25, -0.2) is 8.42 Å². The van der Waals surface area contributed by atoms with Gasteiger partial charge in [-0.1, -0.05) is 36.2 Å². The number of benzene rings is 1. The van der Waals surface area contributed by atoms with Gasteiger partial charge in [-0.2, -0.15) is 9.40 Å². The van der Waals surface area contributed by atoms with E-state index < -0.39 is 10.0 Å². The van der Waals surface area contributed by atoms with Crippen LogP contribution in [0.15, 0.2) is 29.2 Å². The molecule has 1 saturated heterocycles. The van der Waals surface area contributed by atoms with Crippen LogP contribution in [0.25, 0.3) is 0 Å². The van der Waals surface area contributed by atoms with Crippen LogP contribution in [-0.2, 0) is 16.6 Å². The number of nitrogens with zero attached hydrogens (tertiary/aromatic N) is 3. The van der Waals surface area contributed by atoms with Crippen LogP contribution in [0.4, 0.5) is 0 Å². The van der Waals surface area contributed by atoms with Crippen molar-refractivity contribution in [2.75, 3.05) is 13.1 Å². The van der Waals surface area contributed by atoms with Gasteiger partial charge in [0.25, 0.3) is 0 Å². The quantitative estimate of drug-likeness (QED) is 0.854. The van der Waals surface area contributed by atoms with E-state index >= 15 is 0 Å². The van der Waals surface area contributed by atoms with Crippen molar-refractivity contribution in [3.8, 4) is 0 Å². The van der Waals surface area contributed by atoms with Gasteiger partial charge in [0.15, 0.2) is 0 Å². The molecule has 0 saturated carbocycles. The van der Waals surface area contributed by atoms with Crippen LogP contribution in [0.3, 0.4) is 0 Å². The molecule has 1 aromatic heterocycles. The summed E-state index contributed by atoms with van der Waals surface area (Å²) in [6.45, 7) is 7.51. The van der Waals surface area contributed by atoms with Crippen molar-refractivity contribution in [3.05, 3.63) is 46.8 Å². The number of rotatable bonds is 4. The van der Waals surface area contributed by atoms with Crippen LogP contribution < -0.4 is 0 Å². The van der Waals surface area contributed by atoms with Gasteiger partial charge in [0, 0.05) is 13.1 Å². The fourth-order valence-corrected chi connectivity index (χ4v) is 5.32. The second-order valence-electron chi connectivity index (χ2n) is 6.61. The van der Waals surface area contributed by atoms with Crippen LogP contribution in [0, 0.1) is 20.8 Å². The Morgan fingerprint density at radius 2 is 1.79 bits per heavy atom. The molecule has 0 radical (unpaired) electrons. The fraction of sp³-hybridized carbons (Fsp3) is 0.500. The van der Waals surface area contributed by atoms with Gasteiger partial charge in [-0.05, 0) is 39.2 Å². The maximum absolute atomic E-state index is 13.0. The van der Waals surface area contributed by atoms with Crippen molar-refractivity contribution < 1.29 is 8.42 Å². The summed E-state index contributed by atoms with van der Waals surface area (Å²) in [5.41, 5.74) is 3.63. The molecule has 0 N–H and O–H groups in total. The third kappa shape index (κ3) is 3.26. The SMILES string of the molecule is Cc1cccc(Cn2nc(C)c(S(=O)(=O)N3CCCCC3)c2C)c1. The first kappa shape index (κ1) is 17.2. The molecule has 0 atom stereocenters. The van der Waals surface area contributed by atoms with Crippen LogP contribution in [0.2, 0.25) is 0 Å². The molecule has 2 heterocycles. The highest BCUT2D eigenvalue weighted by molar-refractivity contribution is 7.89. The van der Waals surface area contributed by atoms with E-state index in [2.05, 4.69) is 24.2 Å². The highest BCUT2D eigenvalue weighted by Gasteiger charge is 2.31. The molecule has 0 spiro atoms. The Labute approximate surface area is 144 Å². The molecule has 3 rings (SSSR count). The first-order valence-electron chi connectivity index (χ1n) is 8.49. The largest absolute Gasteiger partial charge is 0.264 e. The van der Waals surface area contributed by atoms with Crippen LogP contribution in [0.5, 0.6) is 0 Å². The first-order valence-corrected chi connectivity index (χ1v) is 9.93. The Hall–Kier alpha value is -1.66. The molecular formula is C18H25N3O2S. The minimum atomic E-state index is -3.45. The summed E-state index contributed by atoms with van der Waals surface area (Å²) in [7, 11) is -3.45. The number of aromatic nitrogens is 2. The Bertz CT molecular complexity index is 834. The molecular weight excluding hydrogens is 322 g/mol. The van der Waals surface area contributed by atoms with E-state index in [1.54, 1.807) is 15.9 Å². The predicted molar refractivity (Wildman–Crippen MR) is 94.6 cm³/mol. The average molecular weight is 347 g/mol. The van der Waals surface area contributed by atoms with Crippen LogP contribution in [-0.4, -0.2) is 35.6 Å². The lowest BCUT2D eigenvalue weighted by atomic mass is 10.1. The summed E-state index contributed by atoms with van der Waals surface area (Å²) >= 11 is 0. The van der Waals surface area contributed by atoms with E-state index in [-0.39, 0.29) is 0 Å². The van der Waals surface area contributed by atoms with Gasteiger partial charge in [0.05, 0.1) is 17.9 Å². The molecule has 6 heteroatoms. The second-order valence-corrected chi connectivity index (χ2v) is 8.49. The third-order valence-corrected chi connectivity index (χ3v) is 6.79. The summed E-state index contributed by atoms with van der Waals surface area (Å²) in [4.78, 5) is 0.386. The zero-order valence-electron chi connectivity index (χ0n) is 14.6. The van der Waals surface area contributed by atoms with Crippen molar-refractivity contribution >= 4 is 10.0 Å². The monoisotopic (exact) mass is 347 g/mol. The third-order valence-electron chi connectivity index (χ3n) is 4.64. The van der Waals surface area contributed by atoms with Crippen molar-refractivity contribution in [1.29, 1.82) is 0 Å². The Morgan fingerprint density at radius 3 is 2.46 bits per heavy atom. The molecule has 2 aromatic rings. The van der Waals surface area contributed by atoms with Gasteiger partial charge >= 0.3 is 0 Å². The molecule has 130 valence electrons. The molecule has 1 fully saturated rings.